The van der Waals surface area contributed by atoms with E-state index in [-0.39, 0.29) is 0 Å². The molecule has 0 unspecified atom stereocenters. The first-order valence-electron chi connectivity index (χ1n) is 7.63. The molecule has 4 aromatic rings. The van der Waals surface area contributed by atoms with Crippen LogP contribution in [0.3, 0.4) is 0 Å². The molecule has 2 aromatic heterocycles. The van der Waals surface area contributed by atoms with E-state index in [4.69, 9.17) is 5.10 Å². The molecule has 0 saturated heterocycles. The summed E-state index contributed by atoms with van der Waals surface area (Å²) in [6.45, 7) is 0. The summed E-state index contributed by atoms with van der Waals surface area (Å²) < 4.78 is 3.02. The van der Waals surface area contributed by atoms with Gasteiger partial charge in [-0.3, -0.25) is 4.98 Å². The van der Waals surface area contributed by atoms with Gasteiger partial charge in [0.2, 0.25) is 0 Å². The van der Waals surface area contributed by atoms with Crippen LogP contribution in [0.4, 0.5) is 0 Å². The Balaban J connectivity index is 1.90. The maximum absolute atomic E-state index is 4.82. The summed E-state index contributed by atoms with van der Waals surface area (Å²) in [7, 11) is 0. The molecule has 4 rings (SSSR count). The fraction of sp³-hybridized carbons (Fsp3) is 0. The molecule has 0 saturated carbocycles. The van der Waals surface area contributed by atoms with Crippen LogP contribution in [0.25, 0.3) is 28.2 Å². The summed E-state index contributed by atoms with van der Waals surface area (Å²) in [5, 5.41) is 4.82. The Morgan fingerprint density at radius 2 is 1.54 bits per heavy atom. The van der Waals surface area contributed by atoms with Gasteiger partial charge in [-0.05, 0) is 42.5 Å². The quantitative estimate of drug-likeness (QED) is 0.482. The van der Waals surface area contributed by atoms with Crippen LogP contribution in [0.2, 0.25) is 0 Å². The first-order valence-corrected chi connectivity index (χ1v) is 8.42. The lowest BCUT2D eigenvalue weighted by Crippen LogP contribution is -1.99. The van der Waals surface area contributed by atoms with Gasteiger partial charge in [-0.1, -0.05) is 46.3 Å². The third-order valence-corrected chi connectivity index (χ3v) is 4.34. The normalized spacial score (nSPS) is 10.7. The number of halogens is 1. The van der Waals surface area contributed by atoms with E-state index in [1.807, 2.05) is 53.3 Å². The Labute approximate surface area is 148 Å². The molecule has 0 N–H and O–H groups in total. The number of rotatable bonds is 3. The first kappa shape index (κ1) is 14.8. The molecule has 2 heterocycles. The summed E-state index contributed by atoms with van der Waals surface area (Å²) in [6, 6.07) is 24.5. The van der Waals surface area contributed by atoms with E-state index in [1.54, 1.807) is 6.20 Å². The summed E-state index contributed by atoms with van der Waals surface area (Å²) in [6.07, 6.45) is 3.61. The minimum Gasteiger partial charge on any atom is -0.264 e. The second-order valence-corrected chi connectivity index (χ2v) is 6.33. The number of hydrogen-bond acceptors (Lipinski definition) is 2. The van der Waals surface area contributed by atoms with E-state index in [1.165, 1.54) is 0 Å². The van der Waals surface area contributed by atoms with Crippen molar-refractivity contribution in [2.75, 3.05) is 0 Å². The monoisotopic (exact) mass is 375 g/mol. The van der Waals surface area contributed by atoms with E-state index in [2.05, 4.69) is 51.2 Å². The van der Waals surface area contributed by atoms with E-state index in [9.17, 15) is 0 Å². The van der Waals surface area contributed by atoms with E-state index in [0.29, 0.717) is 0 Å². The van der Waals surface area contributed by atoms with Crippen molar-refractivity contribution < 1.29 is 0 Å². The SMILES string of the molecule is Brc1ccc(-n2nc(-c3cccnc3)cc2-c2ccccc2)cc1. The highest BCUT2D eigenvalue weighted by Crippen LogP contribution is 2.28. The van der Waals surface area contributed by atoms with Crippen molar-refractivity contribution in [1.29, 1.82) is 0 Å². The van der Waals surface area contributed by atoms with Crippen LogP contribution in [0.15, 0.2) is 89.7 Å². The zero-order chi connectivity index (χ0) is 16.4. The van der Waals surface area contributed by atoms with Crippen LogP contribution in [0, 0.1) is 0 Å². The summed E-state index contributed by atoms with van der Waals surface area (Å²) in [4.78, 5) is 4.20. The Hall–Kier alpha value is -2.72. The average molecular weight is 376 g/mol. The van der Waals surface area contributed by atoms with Gasteiger partial charge in [0.15, 0.2) is 0 Å². The Bertz CT molecular complexity index is 945. The largest absolute Gasteiger partial charge is 0.264 e. The Morgan fingerprint density at radius 1 is 0.792 bits per heavy atom. The third-order valence-electron chi connectivity index (χ3n) is 3.81. The lowest BCUT2D eigenvalue weighted by Gasteiger charge is -2.07. The molecule has 3 nitrogen and oxygen atoms in total. The maximum Gasteiger partial charge on any atom is 0.0949 e. The highest BCUT2D eigenvalue weighted by Gasteiger charge is 2.13. The molecule has 0 amide bonds. The zero-order valence-corrected chi connectivity index (χ0v) is 14.4. The molecule has 0 atom stereocenters. The van der Waals surface area contributed by atoms with Crippen LogP contribution in [0.1, 0.15) is 0 Å². The van der Waals surface area contributed by atoms with Crippen molar-refractivity contribution in [3.63, 3.8) is 0 Å². The molecule has 0 aliphatic rings. The summed E-state index contributed by atoms with van der Waals surface area (Å²) in [5.41, 5.74) is 5.11. The molecule has 24 heavy (non-hydrogen) atoms. The second kappa shape index (κ2) is 6.42. The molecule has 4 heteroatoms. The lowest BCUT2D eigenvalue weighted by molar-refractivity contribution is 0.891. The van der Waals surface area contributed by atoms with E-state index >= 15 is 0 Å². The molecule has 0 aliphatic heterocycles. The molecule has 0 fully saturated rings. The molecular formula is C20H14BrN3. The lowest BCUT2D eigenvalue weighted by atomic mass is 10.1. The highest BCUT2D eigenvalue weighted by atomic mass is 79.9. The van der Waals surface area contributed by atoms with Crippen molar-refractivity contribution in [1.82, 2.24) is 14.8 Å². The molecule has 0 radical (unpaired) electrons. The van der Waals surface area contributed by atoms with E-state index < -0.39 is 0 Å². The summed E-state index contributed by atoms with van der Waals surface area (Å²) >= 11 is 3.49. The standard InChI is InChI=1S/C20H14BrN3/c21-17-8-10-18(11-9-17)24-20(15-5-2-1-3-6-15)13-19(23-24)16-7-4-12-22-14-16/h1-14H. The second-order valence-electron chi connectivity index (χ2n) is 5.41. The topological polar surface area (TPSA) is 30.7 Å². The summed E-state index contributed by atoms with van der Waals surface area (Å²) in [5.74, 6) is 0. The van der Waals surface area contributed by atoms with Crippen molar-refractivity contribution in [3.05, 3.63) is 89.7 Å². The van der Waals surface area contributed by atoms with Crippen molar-refractivity contribution >= 4 is 15.9 Å². The molecule has 2 aromatic carbocycles. The predicted octanol–water partition coefficient (Wildman–Crippen LogP) is 5.36. The number of aromatic nitrogens is 3. The van der Waals surface area contributed by atoms with Gasteiger partial charge in [0, 0.05) is 28.0 Å². The van der Waals surface area contributed by atoms with Gasteiger partial charge in [0.05, 0.1) is 17.1 Å². The minimum absolute atomic E-state index is 0.907. The third kappa shape index (κ3) is 2.88. The van der Waals surface area contributed by atoms with Crippen LogP contribution >= 0.6 is 15.9 Å². The molecule has 0 spiro atoms. The van der Waals surface area contributed by atoms with Gasteiger partial charge >= 0.3 is 0 Å². The van der Waals surface area contributed by atoms with Gasteiger partial charge < -0.3 is 0 Å². The fourth-order valence-corrected chi connectivity index (χ4v) is 2.89. The predicted molar refractivity (Wildman–Crippen MR) is 99.9 cm³/mol. The minimum atomic E-state index is 0.907. The molecule has 116 valence electrons. The number of nitrogens with zero attached hydrogens (tertiary/aromatic N) is 3. The fourth-order valence-electron chi connectivity index (χ4n) is 2.63. The Kier molecular flexibility index (Phi) is 3.97. The Morgan fingerprint density at radius 3 is 2.25 bits per heavy atom. The number of benzene rings is 2. The zero-order valence-electron chi connectivity index (χ0n) is 12.8. The van der Waals surface area contributed by atoms with Crippen LogP contribution in [-0.4, -0.2) is 14.8 Å². The smallest absolute Gasteiger partial charge is 0.0949 e. The van der Waals surface area contributed by atoms with Gasteiger partial charge in [0.25, 0.3) is 0 Å². The maximum atomic E-state index is 4.82. The molecule has 0 bridgehead atoms. The molecular weight excluding hydrogens is 362 g/mol. The van der Waals surface area contributed by atoms with Gasteiger partial charge in [-0.25, -0.2) is 4.68 Å². The number of hydrogen-bond donors (Lipinski definition) is 0. The average Bonchev–Trinajstić information content (AvgIpc) is 3.09. The van der Waals surface area contributed by atoms with E-state index in [0.717, 1.165) is 32.7 Å². The van der Waals surface area contributed by atoms with Crippen molar-refractivity contribution in [3.8, 4) is 28.2 Å². The van der Waals surface area contributed by atoms with Crippen molar-refractivity contribution in [2.24, 2.45) is 0 Å². The van der Waals surface area contributed by atoms with Gasteiger partial charge in [0.1, 0.15) is 0 Å². The van der Waals surface area contributed by atoms with Crippen molar-refractivity contribution in [2.45, 2.75) is 0 Å². The van der Waals surface area contributed by atoms with Gasteiger partial charge in [-0.15, -0.1) is 0 Å². The first-order chi connectivity index (χ1) is 11.8. The van der Waals surface area contributed by atoms with Crippen LogP contribution < -0.4 is 0 Å². The van der Waals surface area contributed by atoms with Crippen LogP contribution in [0.5, 0.6) is 0 Å². The highest BCUT2D eigenvalue weighted by molar-refractivity contribution is 9.10. The number of pyridine rings is 1. The van der Waals surface area contributed by atoms with Gasteiger partial charge in [-0.2, -0.15) is 5.10 Å². The molecule has 0 aliphatic carbocycles. The van der Waals surface area contributed by atoms with Crippen LogP contribution in [-0.2, 0) is 0 Å².